The van der Waals surface area contributed by atoms with E-state index in [0.717, 1.165) is 25.5 Å². The fraction of sp³-hybridized carbons (Fsp3) is 0.615. The molecule has 1 rings (SSSR count). The molecule has 0 saturated carbocycles. The van der Waals surface area contributed by atoms with E-state index >= 15 is 0 Å². The number of nitrogens with zero attached hydrogens (tertiary/aromatic N) is 2. The molecule has 96 valence electrons. The summed E-state index contributed by atoms with van der Waals surface area (Å²) in [5.74, 6) is 2.28. The summed E-state index contributed by atoms with van der Waals surface area (Å²) < 4.78 is 0. The molecule has 0 bridgehead atoms. The highest BCUT2D eigenvalue weighted by atomic mass is 32.2. The van der Waals surface area contributed by atoms with Crippen LogP contribution in [-0.2, 0) is 6.54 Å². The second-order valence-electron chi connectivity index (χ2n) is 4.07. The summed E-state index contributed by atoms with van der Waals surface area (Å²) in [7, 11) is 2.11. The zero-order valence-electron chi connectivity index (χ0n) is 11.1. The number of hydrogen-bond donors (Lipinski definition) is 1. The number of anilines is 1. The summed E-state index contributed by atoms with van der Waals surface area (Å²) in [5, 5.41) is 3.33. The molecule has 17 heavy (non-hydrogen) atoms. The van der Waals surface area contributed by atoms with Crippen molar-refractivity contribution in [1.29, 1.82) is 0 Å². The average molecular weight is 253 g/mol. The van der Waals surface area contributed by atoms with Crippen LogP contribution in [0.1, 0.15) is 18.9 Å². The van der Waals surface area contributed by atoms with E-state index in [-0.39, 0.29) is 0 Å². The van der Waals surface area contributed by atoms with Gasteiger partial charge in [-0.2, -0.15) is 11.8 Å². The topological polar surface area (TPSA) is 28.2 Å². The lowest BCUT2D eigenvalue weighted by Crippen LogP contribution is -2.20. The smallest absolute Gasteiger partial charge is 0.128 e. The fourth-order valence-electron chi connectivity index (χ4n) is 1.61. The van der Waals surface area contributed by atoms with Gasteiger partial charge in [0.15, 0.2) is 0 Å². The van der Waals surface area contributed by atoms with Gasteiger partial charge in [-0.1, -0.05) is 6.92 Å². The number of aromatic nitrogens is 1. The Hall–Kier alpha value is -0.740. The van der Waals surface area contributed by atoms with E-state index in [4.69, 9.17) is 0 Å². The van der Waals surface area contributed by atoms with Crippen LogP contribution in [0.3, 0.4) is 0 Å². The van der Waals surface area contributed by atoms with Crippen molar-refractivity contribution in [1.82, 2.24) is 10.3 Å². The van der Waals surface area contributed by atoms with Crippen molar-refractivity contribution in [2.45, 2.75) is 19.9 Å². The highest BCUT2D eigenvalue weighted by Gasteiger charge is 2.02. The SMILES string of the molecule is CCNCc1ccnc(N(C)CCCSC)c1. The molecule has 0 unspecified atom stereocenters. The maximum Gasteiger partial charge on any atom is 0.128 e. The van der Waals surface area contributed by atoms with E-state index in [1.165, 1.54) is 17.7 Å². The molecule has 3 nitrogen and oxygen atoms in total. The third-order valence-electron chi connectivity index (χ3n) is 2.62. The summed E-state index contributed by atoms with van der Waals surface area (Å²) >= 11 is 1.90. The Labute approximate surface area is 109 Å². The number of hydrogen-bond acceptors (Lipinski definition) is 4. The Kier molecular flexibility index (Phi) is 7.05. The molecule has 0 aromatic carbocycles. The molecule has 0 spiro atoms. The van der Waals surface area contributed by atoms with Crippen LogP contribution in [0.4, 0.5) is 5.82 Å². The first-order chi connectivity index (χ1) is 8.27. The molecule has 0 amide bonds. The van der Waals surface area contributed by atoms with Gasteiger partial charge in [0.05, 0.1) is 0 Å². The molecule has 1 aromatic heterocycles. The number of rotatable bonds is 8. The van der Waals surface area contributed by atoms with Gasteiger partial charge in [-0.15, -0.1) is 0 Å². The van der Waals surface area contributed by atoms with Gasteiger partial charge >= 0.3 is 0 Å². The third-order valence-corrected chi connectivity index (χ3v) is 3.32. The molecule has 4 heteroatoms. The molecule has 0 atom stereocenters. The minimum Gasteiger partial charge on any atom is -0.360 e. The van der Waals surface area contributed by atoms with Gasteiger partial charge in [-0.05, 0) is 42.7 Å². The lowest BCUT2D eigenvalue weighted by Gasteiger charge is -2.18. The van der Waals surface area contributed by atoms with Gasteiger partial charge in [0.25, 0.3) is 0 Å². The zero-order valence-corrected chi connectivity index (χ0v) is 11.9. The molecule has 0 radical (unpaired) electrons. The highest BCUT2D eigenvalue weighted by molar-refractivity contribution is 7.98. The molecule has 1 heterocycles. The summed E-state index contributed by atoms with van der Waals surface area (Å²) in [6.07, 6.45) is 5.25. The zero-order chi connectivity index (χ0) is 12.5. The van der Waals surface area contributed by atoms with E-state index < -0.39 is 0 Å². The summed E-state index contributed by atoms with van der Waals surface area (Å²) in [4.78, 5) is 6.65. The normalized spacial score (nSPS) is 10.5. The van der Waals surface area contributed by atoms with Gasteiger partial charge in [0.1, 0.15) is 5.82 Å². The standard InChI is InChI=1S/C13H23N3S/c1-4-14-11-12-6-7-15-13(10-12)16(2)8-5-9-17-3/h6-7,10,14H,4-5,8-9,11H2,1-3H3. The van der Waals surface area contributed by atoms with Crippen molar-refractivity contribution in [2.24, 2.45) is 0 Å². The lowest BCUT2D eigenvalue weighted by atomic mass is 10.2. The largest absolute Gasteiger partial charge is 0.360 e. The van der Waals surface area contributed by atoms with Gasteiger partial charge < -0.3 is 10.2 Å². The first-order valence-corrected chi connectivity index (χ1v) is 7.53. The third kappa shape index (κ3) is 5.41. The van der Waals surface area contributed by atoms with Crippen LogP contribution in [0.5, 0.6) is 0 Å². The van der Waals surface area contributed by atoms with E-state index in [1.807, 2.05) is 18.0 Å². The maximum atomic E-state index is 4.42. The number of nitrogens with one attached hydrogen (secondary N) is 1. The van der Waals surface area contributed by atoms with Crippen molar-refractivity contribution in [2.75, 3.05) is 37.0 Å². The molecule has 0 saturated heterocycles. The van der Waals surface area contributed by atoms with E-state index in [9.17, 15) is 0 Å². The highest BCUT2D eigenvalue weighted by Crippen LogP contribution is 2.11. The Morgan fingerprint density at radius 1 is 1.47 bits per heavy atom. The molecule has 0 fully saturated rings. The van der Waals surface area contributed by atoms with Gasteiger partial charge in [0.2, 0.25) is 0 Å². The predicted molar refractivity (Wildman–Crippen MR) is 77.9 cm³/mol. The predicted octanol–water partition coefficient (Wildman–Crippen LogP) is 2.38. The minimum absolute atomic E-state index is 0.921. The van der Waals surface area contributed by atoms with E-state index in [0.29, 0.717) is 0 Å². The first-order valence-electron chi connectivity index (χ1n) is 6.13. The van der Waals surface area contributed by atoms with Crippen LogP contribution in [0, 0.1) is 0 Å². The molecule has 0 aliphatic carbocycles. The summed E-state index contributed by atoms with van der Waals surface area (Å²) in [6, 6.07) is 4.24. The summed E-state index contributed by atoms with van der Waals surface area (Å²) in [5.41, 5.74) is 1.30. The number of pyridine rings is 1. The second kappa shape index (κ2) is 8.37. The average Bonchev–Trinajstić information content (AvgIpc) is 2.37. The van der Waals surface area contributed by atoms with Crippen LogP contribution < -0.4 is 10.2 Å². The van der Waals surface area contributed by atoms with Crippen LogP contribution in [0.25, 0.3) is 0 Å². The Morgan fingerprint density at radius 3 is 3.00 bits per heavy atom. The van der Waals surface area contributed by atoms with E-state index in [1.54, 1.807) is 0 Å². The van der Waals surface area contributed by atoms with Crippen molar-refractivity contribution >= 4 is 17.6 Å². The quantitative estimate of drug-likeness (QED) is 0.720. The monoisotopic (exact) mass is 253 g/mol. The Bertz CT molecular complexity index is 317. The van der Waals surface area contributed by atoms with Crippen molar-refractivity contribution in [3.63, 3.8) is 0 Å². The number of thioether (sulfide) groups is 1. The minimum atomic E-state index is 0.921. The van der Waals surface area contributed by atoms with Gasteiger partial charge in [-0.3, -0.25) is 0 Å². The van der Waals surface area contributed by atoms with Crippen LogP contribution >= 0.6 is 11.8 Å². The van der Waals surface area contributed by atoms with Crippen molar-refractivity contribution < 1.29 is 0 Å². The Balaban J connectivity index is 2.51. The van der Waals surface area contributed by atoms with Crippen molar-refractivity contribution in [3.05, 3.63) is 23.9 Å². The summed E-state index contributed by atoms with van der Waals surface area (Å²) in [6.45, 7) is 5.11. The fourth-order valence-corrected chi connectivity index (χ4v) is 2.03. The first kappa shape index (κ1) is 14.3. The molecule has 1 N–H and O–H groups in total. The second-order valence-corrected chi connectivity index (χ2v) is 5.06. The molecular formula is C13H23N3S. The lowest BCUT2D eigenvalue weighted by molar-refractivity contribution is 0.725. The maximum absolute atomic E-state index is 4.42. The van der Waals surface area contributed by atoms with Crippen LogP contribution in [0.2, 0.25) is 0 Å². The van der Waals surface area contributed by atoms with Crippen LogP contribution in [0.15, 0.2) is 18.3 Å². The molecule has 0 aliphatic heterocycles. The van der Waals surface area contributed by atoms with Gasteiger partial charge in [0, 0.05) is 26.3 Å². The Morgan fingerprint density at radius 2 is 2.29 bits per heavy atom. The molecular weight excluding hydrogens is 230 g/mol. The van der Waals surface area contributed by atoms with Gasteiger partial charge in [-0.25, -0.2) is 4.98 Å². The van der Waals surface area contributed by atoms with Crippen LogP contribution in [-0.4, -0.2) is 37.1 Å². The molecule has 1 aromatic rings. The van der Waals surface area contributed by atoms with Crippen molar-refractivity contribution in [3.8, 4) is 0 Å². The molecule has 0 aliphatic rings. The van der Waals surface area contributed by atoms with E-state index in [2.05, 4.69) is 47.6 Å².